The summed E-state index contributed by atoms with van der Waals surface area (Å²) >= 11 is 0. The molecule has 3 saturated heterocycles. The monoisotopic (exact) mass is 1250 g/mol. The largest absolute Gasteiger partial charge is 0.508 e. The van der Waals surface area contributed by atoms with E-state index in [-0.39, 0.29) is 62.5 Å². The number of nitrogens with two attached hydrogens (primary N) is 2. The predicted molar refractivity (Wildman–Crippen MR) is 322 cm³/mol. The van der Waals surface area contributed by atoms with Gasteiger partial charge >= 0.3 is 0 Å². The molecule has 27 heteroatoms. The Kier molecular flexibility index (Phi) is 32.3. The Balaban J connectivity index is 1.78. The number of hydrogen-bond acceptors (Lipinski definition) is 20. The molecule has 3 fully saturated rings. The first kappa shape index (κ1) is 74.7. The number of fused-ring (bicyclic) bond motifs is 2. The van der Waals surface area contributed by atoms with Crippen LogP contribution in [0.15, 0.2) is 24.3 Å². The maximum atomic E-state index is 15.1. The first-order valence-electron chi connectivity index (χ1n) is 31.6. The van der Waals surface area contributed by atoms with Crippen LogP contribution in [-0.2, 0) is 43.2 Å². The van der Waals surface area contributed by atoms with E-state index in [1.165, 1.54) is 37.6 Å². The number of aliphatic hydroxyl groups excluding tert-OH is 7. The summed E-state index contributed by atoms with van der Waals surface area (Å²) in [5, 5.41) is 107. The highest BCUT2D eigenvalue weighted by atomic mass is 16.3. The van der Waals surface area contributed by atoms with Crippen LogP contribution in [0.2, 0.25) is 0 Å². The Morgan fingerprint density at radius 2 is 1.39 bits per heavy atom. The van der Waals surface area contributed by atoms with Crippen molar-refractivity contribution in [2.24, 2.45) is 35.1 Å². The molecule has 0 unspecified atom stereocenters. The van der Waals surface area contributed by atoms with Gasteiger partial charge < -0.3 is 88.7 Å². The van der Waals surface area contributed by atoms with Crippen molar-refractivity contribution < 1.29 is 84.0 Å². The first-order chi connectivity index (χ1) is 41.9. The van der Waals surface area contributed by atoms with Crippen LogP contribution in [0.25, 0.3) is 0 Å². The van der Waals surface area contributed by atoms with Gasteiger partial charge in [-0.15, -0.1) is 0 Å². The van der Waals surface area contributed by atoms with Crippen LogP contribution in [0.4, 0.5) is 0 Å². The number of phenols is 1. The van der Waals surface area contributed by atoms with Crippen LogP contribution in [-0.4, -0.2) is 216 Å². The second-order valence-corrected chi connectivity index (χ2v) is 24.5. The molecule has 7 amide bonds. The van der Waals surface area contributed by atoms with E-state index in [1.807, 2.05) is 0 Å². The van der Waals surface area contributed by atoms with E-state index >= 15 is 4.79 Å². The van der Waals surface area contributed by atoms with Crippen molar-refractivity contribution in [1.82, 2.24) is 41.7 Å². The fraction of sp³-hybridized carbons (Fsp3) is 0.754. The van der Waals surface area contributed by atoms with Gasteiger partial charge in [-0.3, -0.25) is 48.5 Å². The zero-order valence-corrected chi connectivity index (χ0v) is 51.7. The van der Waals surface area contributed by atoms with Gasteiger partial charge in [-0.1, -0.05) is 77.8 Å². The van der Waals surface area contributed by atoms with Crippen LogP contribution in [0, 0.1) is 23.7 Å². The highest BCUT2D eigenvalue weighted by Gasteiger charge is 2.49. The standard InChI is InChI=1S/C61H102N10O17/c1-5-35(2)28-36(3)14-10-8-6-7-9-11-15-41(75)29-39-30-49(80)55(64-26-24-63)69-59(86)52-47(78)22-27-70(52)61(88)51(46(77)21-25-65-58(85)44(66-34-72)16-12-13-23-62)68-57(84)43(54(82)53(81)38-17-19-40(74)20-18-38)32-48(79)45-31-42(76)33-71(45)60(87)50(37(4)73)67-56(39)83/h17-20,34-37,39,42-47,49-55,64,73-74,76-78,80-82H,5-16,21-33,62-63H2,1-4H3,(H,65,85)(H,66,72)(H,67,83)(H,68,84)(H,69,86)/t35-,36+,37+,39-,42+,43-,44-,45-,46+,47-,49+,50-,51-,52-,53-,54-,55-/m0/s1. The molecular formula is C61H102N10O17. The number of aliphatic hydroxyl groups is 7. The molecule has 0 spiro atoms. The smallest absolute Gasteiger partial charge is 0.248 e. The lowest BCUT2D eigenvalue weighted by molar-refractivity contribution is -0.149. The molecule has 0 aliphatic carbocycles. The molecule has 3 aliphatic rings. The summed E-state index contributed by atoms with van der Waals surface area (Å²) < 4.78 is 0. The Morgan fingerprint density at radius 1 is 0.739 bits per heavy atom. The Bertz CT molecular complexity index is 2390. The third kappa shape index (κ3) is 22.9. The molecule has 3 heterocycles. The summed E-state index contributed by atoms with van der Waals surface area (Å²) in [5.74, 6) is -10.1. The number of Topliss-reactive ketones (excluding diaryl/α,β-unsaturated/α-hetero) is 2. The van der Waals surface area contributed by atoms with Crippen molar-refractivity contribution in [1.29, 1.82) is 0 Å². The van der Waals surface area contributed by atoms with Crippen molar-refractivity contribution in [2.45, 2.75) is 229 Å². The van der Waals surface area contributed by atoms with Gasteiger partial charge in [0.2, 0.25) is 41.9 Å². The van der Waals surface area contributed by atoms with Gasteiger partial charge in [0, 0.05) is 64.3 Å². The van der Waals surface area contributed by atoms with Gasteiger partial charge in [0.1, 0.15) is 48.0 Å². The Labute approximate surface area is 516 Å². The van der Waals surface area contributed by atoms with Crippen molar-refractivity contribution >= 4 is 53.4 Å². The molecule has 27 nitrogen and oxygen atoms in total. The number of amides is 7. The molecule has 1 aromatic carbocycles. The van der Waals surface area contributed by atoms with Gasteiger partial charge in [-0.25, -0.2) is 0 Å². The van der Waals surface area contributed by atoms with Gasteiger partial charge in [-0.2, -0.15) is 0 Å². The molecule has 88 heavy (non-hydrogen) atoms. The summed E-state index contributed by atoms with van der Waals surface area (Å²) in [4.78, 5) is 129. The van der Waals surface area contributed by atoms with Crippen molar-refractivity contribution in [2.75, 3.05) is 39.3 Å². The number of ketones is 2. The quantitative estimate of drug-likeness (QED) is 0.0282. The van der Waals surface area contributed by atoms with E-state index in [0.29, 0.717) is 44.1 Å². The van der Waals surface area contributed by atoms with E-state index in [0.717, 1.165) is 54.7 Å². The summed E-state index contributed by atoms with van der Waals surface area (Å²) in [6.45, 7) is 6.83. The summed E-state index contributed by atoms with van der Waals surface area (Å²) in [5.41, 5.74) is 11.4. The lowest BCUT2D eigenvalue weighted by Crippen LogP contribution is -2.63. The average molecular weight is 1250 g/mol. The van der Waals surface area contributed by atoms with E-state index in [9.17, 15) is 79.2 Å². The molecule has 17 atom stereocenters. The number of carbonyl (C=O) groups is 9. The summed E-state index contributed by atoms with van der Waals surface area (Å²) in [6.07, 6.45) is -7.12. The predicted octanol–water partition coefficient (Wildman–Crippen LogP) is -1.73. The van der Waals surface area contributed by atoms with Crippen LogP contribution >= 0.6 is 0 Å². The molecule has 0 radical (unpaired) electrons. The number of benzene rings is 1. The molecule has 498 valence electrons. The molecule has 0 aromatic heterocycles. The van der Waals surface area contributed by atoms with Crippen LogP contribution in [0.1, 0.15) is 161 Å². The number of aromatic hydroxyl groups is 1. The van der Waals surface area contributed by atoms with Crippen molar-refractivity contribution in [3.05, 3.63) is 29.8 Å². The minimum Gasteiger partial charge on any atom is -0.508 e. The zero-order chi connectivity index (χ0) is 65.2. The number of hydrogen-bond donors (Lipinski definition) is 16. The minimum atomic E-state index is -2.25. The number of nitrogens with one attached hydrogen (secondary N) is 6. The van der Waals surface area contributed by atoms with E-state index in [2.05, 4.69) is 52.7 Å². The SMILES string of the molecule is CC[C@H](C)C[C@H](C)CCCCCCCCC(=O)C[C@H]1C[C@@H](O)[C@@H](NCCN)NC(=O)[C@@H]2[C@@H](O)CCN2C(=O)[C@H]([C@H](O)CCNC(=O)[C@H](CCCCN)NC=O)NC(=O)[C@H]([C@H](O)[C@@H](O)c2ccc(O)cc2)CC(=O)[C@@H]2C[C@@H](O)CN2C(=O)[C@H]([C@@H](C)O)NC1=O. The molecule has 18 N–H and O–H groups in total. The Hall–Kier alpha value is -5.75. The lowest BCUT2D eigenvalue weighted by atomic mass is 9.86. The average Bonchev–Trinajstić information content (AvgIpc) is 1.73. The highest BCUT2D eigenvalue weighted by molar-refractivity contribution is 5.98. The van der Waals surface area contributed by atoms with Gasteiger partial charge in [0.25, 0.3) is 0 Å². The first-order valence-corrected chi connectivity index (χ1v) is 31.6. The highest BCUT2D eigenvalue weighted by Crippen LogP contribution is 2.31. The minimum absolute atomic E-state index is 0.0493. The van der Waals surface area contributed by atoms with Crippen LogP contribution in [0.5, 0.6) is 5.75 Å². The lowest BCUT2D eigenvalue weighted by Gasteiger charge is -2.35. The normalized spacial score (nSPS) is 26.9. The van der Waals surface area contributed by atoms with Crippen molar-refractivity contribution in [3.63, 3.8) is 0 Å². The maximum Gasteiger partial charge on any atom is 0.248 e. The van der Waals surface area contributed by atoms with Crippen molar-refractivity contribution in [3.8, 4) is 5.75 Å². The molecule has 3 aliphatic heterocycles. The van der Waals surface area contributed by atoms with Crippen LogP contribution in [0.3, 0.4) is 0 Å². The van der Waals surface area contributed by atoms with Gasteiger partial charge in [0.15, 0.2) is 5.78 Å². The van der Waals surface area contributed by atoms with Gasteiger partial charge in [0.05, 0.1) is 48.6 Å². The number of rotatable bonds is 32. The van der Waals surface area contributed by atoms with E-state index < -0.39 is 171 Å². The summed E-state index contributed by atoms with van der Waals surface area (Å²) in [6, 6.07) is -3.63. The second-order valence-electron chi connectivity index (χ2n) is 24.5. The number of nitrogens with zero attached hydrogens (tertiary/aromatic N) is 2. The van der Waals surface area contributed by atoms with Gasteiger partial charge in [-0.05, 0) is 94.4 Å². The molecular weight excluding hydrogens is 1140 g/mol. The number of carbonyl (C=O) groups excluding carboxylic acids is 9. The number of unbranched alkanes of at least 4 members (excludes halogenated alkanes) is 6. The Morgan fingerprint density at radius 3 is 2.03 bits per heavy atom. The third-order valence-corrected chi connectivity index (χ3v) is 17.3. The molecule has 4 rings (SSSR count). The summed E-state index contributed by atoms with van der Waals surface area (Å²) in [7, 11) is 0. The van der Waals surface area contributed by atoms with E-state index in [4.69, 9.17) is 11.5 Å². The second kappa shape index (κ2) is 38.1. The third-order valence-electron chi connectivity index (χ3n) is 17.3. The molecule has 0 saturated carbocycles. The molecule has 1 aromatic rings. The van der Waals surface area contributed by atoms with E-state index in [1.54, 1.807) is 0 Å². The molecule has 0 bridgehead atoms. The number of phenolic OH excluding ortho intramolecular Hbond substituents is 1. The topological polar surface area (TPSA) is 446 Å². The maximum absolute atomic E-state index is 15.1. The fourth-order valence-corrected chi connectivity index (χ4v) is 12.0. The zero-order valence-electron chi connectivity index (χ0n) is 51.7. The fourth-order valence-electron chi connectivity index (χ4n) is 12.0. The van der Waals surface area contributed by atoms with Crippen LogP contribution < -0.4 is 43.4 Å².